The molecule has 0 atom stereocenters. The molecule has 54 heavy (non-hydrogen) atoms. The maximum absolute atomic E-state index is 11.3. The number of rotatable bonds is 10. The van der Waals surface area contributed by atoms with Gasteiger partial charge >= 0.3 is 0 Å². The minimum atomic E-state index is -0.156. The van der Waals surface area contributed by atoms with E-state index in [2.05, 4.69) is 75.4 Å². The predicted octanol–water partition coefficient (Wildman–Crippen LogP) is 5.66. The molecular formula is C34H48BrClN12O4S2. The second-order valence-corrected chi connectivity index (χ2v) is 12.6. The number of aryl methyl sites for hydroxylation is 6. The number of aromatic nitrogens is 12. The second-order valence-electron chi connectivity index (χ2n) is 10.6. The lowest BCUT2D eigenvalue weighted by Gasteiger charge is -2.04. The van der Waals surface area contributed by atoms with Crippen molar-refractivity contribution in [3.05, 3.63) is 121 Å². The molecule has 4 N–H and O–H groups in total. The Morgan fingerprint density at radius 3 is 1.70 bits per heavy atom. The number of thioether (sulfide) groups is 1. The summed E-state index contributed by atoms with van der Waals surface area (Å²) in [6, 6.07) is 10.4. The van der Waals surface area contributed by atoms with Crippen LogP contribution in [0.2, 0.25) is 0 Å². The molecule has 0 aliphatic rings. The first kappa shape index (κ1) is 47.6. The predicted molar refractivity (Wildman–Crippen MR) is 219 cm³/mol. The van der Waals surface area contributed by atoms with E-state index in [-0.39, 0.29) is 30.1 Å². The van der Waals surface area contributed by atoms with E-state index in [1.54, 1.807) is 40.9 Å². The zero-order chi connectivity index (χ0) is 39.2. The first-order chi connectivity index (χ1) is 25.5. The van der Waals surface area contributed by atoms with Crippen LogP contribution < -0.4 is 11.1 Å². The summed E-state index contributed by atoms with van der Waals surface area (Å²) in [5, 5.41) is 26.4. The highest BCUT2D eigenvalue weighted by molar-refractivity contribution is 9.08. The highest BCUT2D eigenvalue weighted by Gasteiger charge is 2.04. The van der Waals surface area contributed by atoms with Gasteiger partial charge in [-0.1, -0.05) is 27.7 Å². The van der Waals surface area contributed by atoms with Crippen LogP contribution in [0.1, 0.15) is 66.7 Å². The van der Waals surface area contributed by atoms with Crippen LogP contribution in [0.15, 0.2) is 75.9 Å². The Morgan fingerprint density at radius 1 is 0.759 bits per heavy atom. The number of aliphatic hydroxyl groups is 1. The minimum absolute atomic E-state index is 0. The van der Waals surface area contributed by atoms with Gasteiger partial charge in [0, 0.05) is 97.0 Å². The monoisotopic (exact) mass is 866 g/mol. The molecule has 6 aromatic heterocycles. The zero-order valence-electron chi connectivity index (χ0n) is 31.1. The average molecular weight is 868 g/mol. The molecule has 6 aromatic rings. The Balaban J connectivity index is 0.000000347. The quantitative estimate of drug-likeness (QED) is 0.0435. The van der Waals surface area contributed by atoms with E-state index in [0.717, 1.165) is 66.3 Å². The number of aldehydes is 1. The van der Waals surface area contributed by atoms with Crippen LogP contribution in [0.5, 0.6) is 0 Å². The molecule has 0 amide bonds. The molecule has 0 radical (unpaired) electrons. The number of aromatic amines is 3. The third kappa shape index (κ3) is 16.7. The fourth-order valence-electron chi connectivity index (χ4n) is 4.37. The molecular weight excluding hydrogens is 820 g/mol. The number of carbonyl (C=O) groups excluding carboxylic acids is 1. The molecule has 0 saturated heterocycles. The number of aliphatic hydroxyl groups excluding tert-OH is 1. The third-order valence-corrected chi connectivity index (χ3v) is 8.57. The lowest BCUT2D eigenvalue weighted by Crippen LogP contribution is -2.08. The first-order valence-electron chi connectivity index (χ1n) is 16.7. The Hall–Kier alpha value is -4.43. The maximum atomic E-state index is 11.3. The molecule has 0 aliphatic heterocycles. The summed E-state index contributed by atoms with van der Waals surface area (Å²) in [5.41, 5.74) is 5.12. The molecule has 0 unspecified atom stereocenters. The SMILES string of the molecule is CCn1nccc1C=O.CCn1nccc1CBr.CCn1nccc1CO.CCn1nccc1CSc1nc(C)cc(=O)[nH]1.Cc1cc(=O)[nH]c(=S)[nH]1.Cl. The lowest BCUT2D eigenvalue weighted by atomic mass is 10.4. The summed E-state index contributed by atoms with van der Waals surface area (Å²) in [4.78, 5) is 44.2. The van der Waals surface area contributed by atoms with E-state index in [4.69, 9.17) is 5.11 Å². The van der Waals surface area contributed by atoms with Crippen molar-refractivity contribution < 1.29 is 9.90 Å². The van der Waals surface area contributed by atoms with Gasteiger partial charge in [0.15, 0.2) is 16.2 Å². The summed E-state index contributed by atoms with van der Waals surface area (Å²) in [5.74, 6) is 0.750. The van der Waals surface area contributed by atoms with E-state index in [9.17, 15) is 14.4 Å². The third-order valence-electron chi connectivity index (χ3n) is 6.88. The van der Waals surface area contributed by atoms with Gasteiger partial charge in [-0.15, -0.1) is 12.4 Å². The van der Waals surface area contributed by atoms with Crippen LogP contribution in [0.4, 0.5) is 0 Å². The number of nitrogens with one attached hydrogen (secondary N) is 3. The van der Waals surface area contributed by atoms with Crippen molar-refractivity contribution in [2.75, 3.05) is 0 Å². The van der Waals surface area contributed by atoms with Crippen LogP contribution in [0, 0.1) is 18.6 Å². The van der Waals surface area contributed by atoms with Gasteiger partial charge in [-0.25, -0.2) is 4.98 Å². The number of alkyl halides is 1. The van der Waals surface area contributed by atoms with E-state index in [1.807, 2.05) is 61.5 Å². The van der Waals surface area contributed by atoms with Crippen molar-refractivity contribution in [1.82, 2.24) is 59.1 Å². The number of H-pyrrole nitrogens is 3. The van der Waals surface area contributed by atoms with Gasteiger partial charge in [-0.05, 0) is 78.0 Å². The number of hydrogen-bond acceptors (Lipinski definition) is 11. The summed E-state index contributed by atoms with van der Waals surface area (Å²) < 4.78 is 7.68. The van der Waals surface area contributed by atoms with Gasteiger partial charge in [-0.2, -0.15) is 20.4 Å². The summed E-state index contributed by atoms with van der Waals surface area (Å²) in [6.07, 6.45) is 7.71. The van der Waals surface area contributed by atoms with Gasteiger partial charge in [0.05, 0.1) is 12.3 Å². The smallest absolute Gasteiger partial charge is 0.251 e. The molecule has 6 heterocycles. The Labute approximate surface area is 337 Å². The number of halogens is 2. The molecule has 20 heteroatoms. The Kier molecular flexibility index (Phi) is 23.2. The first-order valence-corrected chi connectivity index (χ1v) is 19.2. The second kappa shape index (κ2) is 26.4. The molecule has 0 saturated carbocycles. The molecule has 0 fully saturated rings. The minimum Gasteiger partial charge on any atom is -0.390 e. The lowest BCUT2D eigenvalue weighted by molar-refractivity contribution is 0.111. The molecule has 0 aliphatic carbocycles. The fourth-order valence-corrected chi connectivity index (χ4v) is 6.01. The normalized spacial score (nSPS) is 9.85. The molecule has 0 aromatic carbocycles. The van der Waals surface area contributed by atoms with Gasteiger partial charge in [0.2, 0.25) is 0 Å². The van der Waals surface area contributed by atoms with Crippen molar-refractivity contribution >= 4 is 58.6 Å². The molecule has 16 nitrogen and oxygen atoms in total. The number of carbonyl (C=O) groups is 1. The van der Waals surface area contributed by atoms with Crippen molar-refractivity contribution in [3.8, 4) is 0 Å². The highest BCUT2D eigenvalue weighted by atomic mass is 79.9. The molecule has 294 valence electrons. The summed E-state index contributed by atoms with van der Waals surface area (Å²) in [7, 11) is 0. The molecule has 6 rings (SSSR count). The zero-order valence-corrected chi connectivity index (χ0v) is 35.1. The topological polar surface area (TPSA) is 203 Å². The van der Waals surface area contributed by atoms with Crippen LogP contribution in [-0.4, -0.2) is 70.5 Å². The number of hydrogen-bond donors (Lipinski definition) is 4. The summed E-state index contributed by atoms with van der Waals surface area (Å²) >= 11 is 9.55. The van der Waals surface area contributed by atoms with Crippen LogP contribution in [0.3, 0.4) is 0 Å². The standard InChI is InChI=1S/C11H14N4OS.C6H9BrN2.C6H10N2O.C6H8N2O.C5H6N2OS.ClH/c1-3-15-9(4-5-12-15)7-17-11-13-8(2)6-10(16)14-11;1-2-9-6(5-7)3-4-8-9;2*1-2-8-6(5-9)3-4-7-8;1-3-2-4(8)7-5(9)6-3;/h4-6H,3,7H2,1-2H3,(H,13,14,16);3-4H,2,5H2,1H3;3-4,9H,2,5H2,1H3;3-5H,2H2,1H3;2H,1H3,(H2,6,7,8,9);1H. The van der Waals surface area contributed by atoms with E-state index in [1.165, 1.54) is 29.6 Å². The largest absolute Gasteiger partial charge is 0.390 e. The van der Waals surface area contributed by atoms with E-state index in [0.29, 0.717) is 15.6 Å². The van der Waals surface area contributed by atoms with Gasteiger partial charge in [-0.3, -0.25) is 38.1 Å². The Morgan fingerprint density at radius 2 is 1.26 bits per heavy atom. The van der Waals surface area contributed by atoms with E-state index < -0.39 is 0 Å². The number of nitrogens with zero attached hydrogens (tertiary/aromatic N) is 9. The van der Waals surface area contributed by atoms with Crippen molar-refractivity contribution in [3.63, 3.8) is 0 Å². The fraction of sp³-hybridized carbons (Fsp3) is 0.382. The van der Waals surface area contributed by atoms with Gasteiger partial charge < -0.3 is 15.1 Å². The van der Waals surface area contributed by atoms with Gasteiger partial charge in [0.25, 0.3) is 11.1 Å². The molecule has 0 spiro atoms. The van der Waals surface area contributed by atoms with Crippen LogP contribution in [0.25, 0.3) is 0 Å². The van der Waals surface area contributed by atoms with Crippen molar-refractivity contribution in [2.45, 2.75) is 90.6 Å². The van der Waals surface area contributed by atoms with Crippen molar-refractivity contribution in [2.24, 2.45) is 0 Å². The Bertz CT molecular complexity index is 2010. The van der Waals surface area contributed by atoms with Crippen LogP contribution >= 0.6 is 52.3 Å². The maximum Gasteiger partial charge on any atom is 0.251 e. The van der Waals surface area contributed by atoms with Crippen molar-refractivity contribution in [1.29, 1.82) is 0 Å². The van der Waals surface area contributed by atoms with E-state index >= 15 is 0 Å². The highest BCUT2D eigenvalue weighted by Crippen LogP contribution is 2.18. The van der Waals surface area contributed by atoms with Gasteiger partial charge in [0.1, 0.15) is 5.69 Å². The average Bonchev–Trinajstić information content (AvgIpc) is 3.97. The molecule has 0 bridgehead atoms. The summed E-state index contributed by atoms with van der Waals surface area (Å²) in [6.45, 7) is 15.1. The van der Waals surface area contributed by atoms with Crippen LogP contribution in [-0.2, 0) is 43.9 Å².